The molecule has 3 nitrogen and oxygen atoms in total. The molecule has 0 spiro atoms. The van der Waals surface area contributed by atoms with Crippen LogP contribution in [0.4, 0.5) is 0 Å². The van der Waals surface area contributed by atoms with Crippen molar-refractivity contribution in [2.24, 2.45) is 0 Å². The Balaban J connectivity index is 2.75. The quantitative estimate of drug-likeness (QED) is 0.531. The van der Waals surface area contributed by atoms with Crippen LogP contribution in [0.2, 0.25) is 0 Å². The van der Waals surface area contributed by atoms with Crippen molar-refractivity contribution in [2.75, 3.05) is 7.11 Å². The van der Waals surface area contributed by atoms with Crippen molar-refractivity contribution >= 4 is 11.1 Å². The molecule has 0 aliphatic rings. The number of hydrogen-bond donors (Lipinski definition) is 0. The van der Waals surface area contributed by atoms with Gasteiger partial charge in [0.05, 0.1) is 12.0 Å². The van der Waals surface area contributed by atoms with Crippen molar-refractivity contribution in [2.45, 2.75) is 11.8 Å². The number of hydrogen-bond acceptors (Lipinski definition) is 3. The third-order valence-corrected chi connectivity index (χ3v) is 2.26. The molecule has 1 rings (SSSR count). The second-order valence-electron chi connectivity index (χ2n) is 2.28. The minimum absolute atomic E-state index is 0.599. The van der Waals surface area contributed by atoms with Crippen LogP contribution < -0.4 is 0 Å². The highest BCUT2D eigenvalue weighted by Crippen LogP contribution is 2.08. The molecule has 4 heteroatoms. The van der Waals surface area contributed by atoms with E-state index in [0.29, 0.717) is 4.90 Å². The van der Waals surface area contributed by atoms with E-state index in [4.69, 9.17) is 0 Å². The molecule has 1 atom stereocenters. The maximum absolute atomic E-state index is 11.1. The molecule has 1 unspecified atom stereocenters. The average molecular weight is 186 g/mol. The van der Waals surface area contributed by atoms with Gasteiger partial charge in [-0.3, -0.25) is 0 Å². The van der Waals surface area contributed by atoms with E-state index in [2.05, 4.69) is 9.22 Å². The predicted molar refractivity (Wildman–Crippen MR) is 45.7 cm³/mol. The summed E-state index contributed by atoms with van der Waals surface area (Å²) in [5.74, 6) is 0. The maximum atomic E-state index is 11.1. The molecule has 0 saturated heterocycles. The zero-order valence-corrected chi connectivity index (χ0v) is 7.76. The second kappa shape index (κ2) is 4.35. The Labute approximate surface area is 73.9 Å². The molecular weight excluding hydrogens is 176 g/mol. The highest BCUT2D eigenvalue weighted by Gasteiger charge is 2.02. The molecule has 0 aliphatic carbocycles. The Kier molecular flexibility index (Phi) is 3.40. The van der Waals surface area contributed by atoms with Gasteiger partial charge in [-0.1, -0.05) is 17.7 Å². The van der Waals surface area contributed by atoms with E-state index < -0.39 is 11.1 Å². The van der Waals surface area contributed by atoms with Gasteiger partial charge in [0.1, 0.15) is 0 Å². The lowest BCUT2D eigenvalue weighted by atomic mass is 10.2. The fourth-order valence-corrected chi connectivity index (χ4v) is 1.31. The van der Waals surface area contributed by atoms with Crippen LogP contribution in [0.5, 0.6) is 0 Å². The van der Waals surface area contributed by atoms with Crippen LogP contribution in [0.3, 0.4) is 0 Å². The summed E-state index contributed by atoms with van der Waals surface area (Å²) in [4.78, 5) is 4.89. The van der Waals surface area contributed by atoms with Crippen LogP contribution >= 0.6 is 0 Å². The summed E-state index contributed by atoms with van der Waals surface area (Å²) in [6.07, 6.45) is 0. The van der Waals surface area contributed by atoms with Gasteiger partial charge < -0.3 is 0 Å². The first kappa shape index (κ1) is 9.38. The third-order valence-electron chi connectivity index (χ3n) is 1.34. The van der Waals surface area contributed by atoms with Crippen LogP contribution in [0, 0.1) is 6.92 Å². The van der Waals surface area contributed by atoms with Gasteiger partial charge in [0.15, 0.2) is 0 Å². The van der Waals surface area contributed by atoms with Crippen molar-refractivity contribution in [3.8, 4) is 0 Å². The molecule has 1 aromatic rings. The topological polar surface area (TPSA) is 35.5 Å². The molecule has 1 aromatic carbocycles. The summed E-state index contributed by atoms with van der Waals surface area (Å²) in [5, 5.41) is 0. The first-order chi connectivity index (χ1) is 5.74. The van der Waals surface area contributed by atoms with Gasteiger partial charge in [-0.05, 0) is 19.1 Å². The summed E-state index contributed by atoms with van der Waals surface area (Å²) in [6.45, 7) is 1.96. The van der Waals surface area contributed by atoms with Gasteiger partial charge in [0.25, 0.3) is 0 Å². The van der Waals surface area contributed by atoms with Crippen molar-refractivity contribution in [1.82, 2.24) is 0 Å². The molecule has 0 bridgehead atoms. The fourth-order valence-electron chi connectivity index (χ4n) is 0.750. The summed E-state index contributed by atoms with van der Waals surface area (Å²) >= 11 is -1.51. The number of rotatable bonds is 3. The predicted octanol–water partition coefficient (Wildman–Crippen LogP) is 1.60. The lowest BCUT2D eigenvalue weighted by Crippen LogP contribution is -1.96. The molecule has 0 radical (unpaired) electrons. The monoisotopic (exact) mass is 186 g/mol. The Morgan fingerprint density at radius 3 is 2.33 bits per heavy atom. The van der Waals surface area contributed by atoms with E-state index in [1.165, 1.54) is 7.11 Å². The SMILES string of the molecule is COOS(=O)c1ccc(C)cc1. The number of benzene rings is 1. The Morgan fingerprint density at radius 1 is 1.25 bits per heavy atom. The minimum Gasteiger partial charge on any atom is -0.225 e. The van der Waals surface area contributed by atoms with Crippen LogP contribution in [0.1, 0.15) is 5.56 Å². The Bertz CT molecular complexity index is 268. The second-order valence-corrected chi connectivity index (χ2v) is 3.36. The summed E-state index contributed by atoms with van der Waals surface area (Å²) in [5.41, 5.74) is 1.12. The largest absolute Gasteiger partial charge is 0.225 e. The number of aryl methyl sites for hydroxylation is 1. The minimum atomic E-state index is -1.51. The molecule has 0 amide bonds. The van der Waals surface area contributed by atoms with Gasteiger partial charge >= 0.3 is 0 Å². The zero-order chi connectivity index (χ0) is 8.97. The van der Waals surface area contributed by atoms with E-state index in [-0.39, 0.29) is 0 Å². The molecule has 0 heterocycles. The van der Waals surface area contributed by atoms with Gasteiger partial charge in [-0.15, -0.1) is 4.33 Å². The molecule has 0 saturated carbocycles. The van der Waals surface area contributed by atoms with Gasteiger partial charge in [0.2, 0.25) is 11.1 Å². The first-order valence-electron chi connectivity index (χ1n) is 3.43. The molecule has 0 aromatic heterocycles. The van der Waals surface area contributed by atoms with Crippen molar-refractivity contribution < 1.29 is 13.4 Å². The fraction of sp³-hybridized carbons (Fsp3) is 0.250. The zero-order valence-electron chi connectivity index (χ0n) is 6.94. The summed E-state index contributed by atoms with van der Waals surface area (Å²) < 4.78 is 15.6. The van der Waals surface area contributed by atoms with Gasteiger partial charge in [-0.2, -0.15) is 0 Å². The summed E-state index contributed by atoms with van der Waals surface area (Å²) in [6, 6.07) is 7.22. The highest BCUT2D eigenvalue weighted by atomic mass is 32.2. The normalized spacial score (nSPS) is 12.8. The molecule has 0 aliphatic heterocycles. The molecule has 0 fully saturated rings. The lowest BCUT2D eigenvalue weighted by molar-refractivity contribution is -0.166. The van der Waals surface area contributed by atoms with E-state index in [0.717, 1.165) is 5.56 Å². The molecule has 12 heavy (non-hydrogen) atoms. The van der Waals surface area contributed by atoms with Crippen LogP contribution in [-0.4, -0.2) is 11.3 Å². The van der Waals surface area contributed by atoms with E-state index >= 15 is 0 Å². The van der Waals surface area contributed by atoms with Crippen molar-refractivity contribution in [3.63, 3.8) is 0 Å². The van der Waals surface area contributed by atoms with Crippen LogP contribution in [-0.2, 0) is 20.3 Å². The average Bonchev–Trinajstić information content (AvgIpc) is 2.06. The molecule has 66 valence electrons. The lowest BCUT2D eigenvalue weighted by Gasteiger charge is -1.99. The molecular formula is C8H10O3S. The van der Waals surface area contributed by atoms with E-state index in [1.54, 1.807) is 12.1 Å². The molecule has 0 N–H and O–H groups in total. The van der Waals surface area contributed by atoms with E-state index in [9.17, 15) is 4.21 Å². The Morgan fingerprint density at radius 2 is 1.83 bits per heavy atom. The van der Waals surface area contributed by atoms with Gasteiger partial charge in [0, 0.05) is 0 Å². The maximum Gasteiger partial charge on any atom is 0.220 e. The highest BCUT2D eigenvalue weighted by molar-refractivity contribution is 7.80. The first-order valence-corrected chi connectivity index (χ1v) is 4.51. The van der Waals surface area contributed by atoms with Crippen LogP contribution in [0.25, 0.3) is 0 Å². The van der Waals surface area contributed by atoms with Crippen molar-refractivity contribution in [3.05, 3.63) is 29.8 Å². The Hall–Kier alpha value is -0.710. The van der Waals surface area contributed by atoms with Gasteiger partial charge in [-0.25, -0.2) is 9.10 Å². The summed E-state index contributed by atoms with van der Waals surface area (Å²) in [7, 11) is 1.33. The van der Waals surface area contributed by atoms with Crippen LogP contribution in [0.15, 0.2) is 29.2 Å². The van der Waals surface area contributed by atoms with Crippen molar-refractivity contribution in [1.29, 1.82) is 0 Å². The van der Waals surface area contributed by atoms with E-state index in [1.807, 2.05) is 19.1 Å². The smallest absolute Gasteiger partial charge is 0.220 e. The standard InChI is InChI=1S/C8H10O3S/c1-7-3-5-8(6-4-7)12(9)11-10-2/h3-6H,1-2H3. The third kappa shape index (κ3) is 2.41.